The molecular weight excluding hydrogens is 415 g/mol. The number of nitrogens with one attached hydrogen (secondary N) is 1. The molecule has 2 bridgehead atoms. The summed E-state index contributed by atoms with van der Waals surface area (Å²) in [4.78, 5) is 18.1. The second kappa shape index (κ2) is 7.86. The summed E-state index contributed by atoms with van der Waals surface area (Å²) in [6, 6.07) is 15.2. The lowest BCUT2D eigenvalue weighted by molar-refractivity contribution is 0.0917. The van der Waals surface area contributed by atoms with Crippen LogP contribution >= 0.6 is 23.2 Å². The van der Waals surface area contributed by atoms with Gasteiger partial charge in [-0.05, 0) is 68.2 Å². The van der Waals surface area contributed by atoms with Crippen LogP contribution in [0, 0.1) is 17.8 Å². The molecule has 1 amide bonds. The highest BCUT2D eigenvalue weighted by Gasteiger charge is 2.42. The van der Waals surface area contributed by atoms with Crippen molar-refractivity contribution in [2.24, 2.45) is 17.8 Å². The van der Waals surface area contributed by atoms with E-state index in [0.29, 0.717) is 27.2 Å². The first-order valence-electron chi connectivity index (χ1n) is 10.7. The minimum absolute atomic E-state index is 0.0369. The maximum absolute atomic E-state index is 13.4. The predicted molar refractivity (Wildman–Crippen MR) is 123 cm³/mol. The van der Waals surface area contributed by atoms with E-state index in [1.165, 1.54) is 25.7 Å². The van der Waals surface area contributed by atoms with Crippen molar-refractivity contribution in [1.82, 2.24) is 10.3 Å². The summed E-state index contributed by atoms with van der Waals surface area (Å²) >= 11 is 12.3. The van der Waals surface area contributed by atoms with E-state index >= 15 is 0 Å². The molecular formula is C25H24Cl2N2O. The van der Waals surface area contributed by atoms with Crippen molar-refractivity contribution in [2.75, 3.05) is 0 Å². The van der Waals surface area contributed by atoms with Crippen LogP contribution < -0.4 is 5.32 Å². The van der Waals surface area contributed by atoms with E-state index in [9.17, 15) is 4.79 Å². The van der Waals surface area contributed by atoms with E-state index in [-0.39, 0.29) is 11.9 Å². The highest BCUT2D eigenvalue weighted by molar-refractivity contribution is 6.42. The van der Waals surface area contributed by atoms with Gasteiger partial charge in [0.05, 0.1) is 26.8 Å². The number of hydrogen-bond acceptors (Lipinski definition) is 2. The van der Waals surface area contributed by atoms with Gasteiger partial charge in [0.25, 0.3) is 5.91 Å². The number of amides is 1. The smallest absolute Gasteiger partial charge is 0.252 e. The molecule has 0 unspecified atom stereocenters. The zero-order valence-corrected chi connectivity index (χ0v) is 18.4. The van der Waals surface area contributed by atoms with Gasteiger partial charge in [0, 0.05) is 17.0 Å². The molecule has 1 heterocycles. The topological polar surface area (TPSA) is 42.0 Å². The van der Waals surface area contributed by atoms with E-state index in [1.54, 1.807) is 12.1 Å². The van der Waals surface area contributed by atoms with Gasteiger partial charge in [-0.1, -0.05) is 53.9 Å². The first-order valence-corrected chi connectivity index (χ1v) is 11.4. The van der Waals surface area contributed by atoms with Gasteiger partial charge in [-0.2, -0.15) is 0 Å². The van der Waals surface area contributed by atoms with Crippen LogP contribution in [0.4, 0.5) is 0 Å². The average molecular weight is 439 g/mol. The monoisotopic (exact) mass is 438 g/mol. The SMILES string of the molecule is C[C@@H](NC(=O)c1cc(-c2ccc(Cl)c(Cl)c2)nc2ccccc12)[C@H]1C[C@@H]2CC[C@@H]1C2. The van der Waals surface area contributed by atoms with Crippen molar-refractivity contribution < 1.29 is 4.79 Å². The molecule has 2 aliphatic carbocycles. The van der Waals surface area contributed by atoms with Gasteiger partial charge in [-0.25, -0.2) is 4.98 Å². The third-order valence-electron chi connectivity index (χ3n) is 6.97. The molecule has 3 nitrogen and oxygen atoms in total. The molecule has 5 rings (SSSR count). The van der Waals surface area contributed by atoms with E-state index in [0.717, 1.165) is 28.3 Å². The van der Waals surface area contributed by atoms with Crippen LogP contribution in [0.5, 0.6) is 0 Å². The summed E-state index contributed by atoms with van der Waals surface area (Å²) in [6.45, 7) is 2.16. The number of hydrogen-bond donors (Lipinski definition) is 1. The number of fused-ring (bicyclic) bond motifs is 3. The van der Waals surface area contributed by atoms with Gasteiger partial charge in [0.1, 0.15) is 0 Å². The van der Waals surface area contributed by atoms with E-state index in [1.807, 2.05) is 36.4 Å². The molecule has 1 aromatic heterocycles. The summed E-state index contributed by atoms with van der Waals surface area (Å²) in [5, 5.41) is 5.13. The van der Waals surface area contributed by atoms with Crippen LogP contribution in [-0.4, -0.2) is 16.9 Å². The molecule has 2 fully saturated rings. The van der Waals surface area contributed by atoms with Gasteiger partial charge in [0.2, 0.25) is 0 Å². The van der Waals surface area contributed by atoms with E-state index in [2.05, 4.69) is 12.2 Å². The molecule has 2 aromatic carbocycles. The Labute approximate surface area is 186 Å². The molecule has 4 atom stereocenters. The molecule has 5 heteroatoms. The Hall–Kier alpha value is -2.10. The Morgan fingerprint density at radius 1 is 1.07 bits per heavy atom. The Balaban J connectivity index is 1.49. The zero-order chi connectivity index (χ0) is 20.8. The molecule has 1 N–H and O–H groups in total. The standard InChI is InChI=1S/C25H24Cl2N2O/c1-14(19-11-15-6-7-16(19)10-15)28-25(30)20-13-24(17-8-9-21(26)22(27)12-17)29-23-5-3-2-4-18(20)23/h2-5,8-9,12-16,19H,6-7,10-11H2,1H3,(H,28,30)/t14-,15-,16-,19-/m1/s1. The Morgan fingerprint density at radius 3 is 2.63 bits per heavy atom. The van der Waals surface area contributed by atoms with Crippen molar-refractivity contribution in [2.45, 2.75) is 38.6 Å². The lowest BCUT2D eigenvalue weighted by Gasteiger charge is -2.28. The quantitative estimate of drug-likeness (QED) is 0.488. The first-order chi connectivity index (χ1) is 14.5. The molecule has 0 saturated heterocycles. The first kappa shape index (κ1) is 19.8. The summed E-state index contributed by atoms with van der Waals surface area (Å²) in [5.74, 6) is 2.19. The van der Waals surface area contributed by atoms with Crippen molar-refractivity contribution >= 4 is 40.0 Å². The average Bonchev–Trinajstić information content (AvgIpc) is 3.38. The third-order valence-corrected chi connectivity index (χ3v) is 7.71. The Morgan fingerprint density at radius 2 is 1.90 bits per heavy atom. The van der Waals surface area contributed by atoms with Gasteiger partial charge >= 0.3 is 0 Å². The number of carbonyl (C=O) groups is 1. The number of halogens is 2. The predicted octanol–water partition coefficient (Wildman–Crippen LogP) is 6.76. The second-order valence-corrected chi connectivity index (χ2v) is 9.62. The summed E-state index contributed by atoms with van der Waals surface area (Å²) < 4.78 is 0. The van der Waals surface area contributed by atoms with Crippen LogP contribution in [0.25, 0.3) is 22.2 Å². The molecule has 2 aliphatic rings. The highest BCUT2D eigenvalue weighted by atomic mass is 35.5. The van der Waals surface area contributed by atoms with E-state index in [4.69, 9.17) is 28.2 Å². The Bertz CT molecular complexity index is 1130. The fourth-order valence-electron chi connectivity index (χ4n) is 5.46. The minimum atomic E-state index is -0.0369. The van der Waals surface area contributed by atoms with Gasteiger partial charge < -0.3 is 5.32 Å². The Kier molecular flexibility index (Phi) is 5.20. The second-order valence-electron chi connectivity index (χ2n) is 8.80. The fourth-order valence-corrected chi connectivity index (χ4v) is 5.76. The minimum Gasteiger partial charge on any atom is -0.349 e. The van der Waals surface area contributed by atoms with Crippen LogP contribution in [0.15, 0.2) is 48.5 Å². The van der Waals surface area contributed by atoms with Crippen molar-refractivity contribution in [3.63, 3.8) is 0 Å². The molecule has 3 aromatic rings. The fraction of sp³-hybridized carbons (Fsp3) is 0.360. The maximum atomic E-state index is 13.4. The number of aromatic nitrogens is 1. The molecule has 0 radical (unpaired) electrons. The lowest BCUT2D eigenvalue weighted by Crippen LogP contribution is -2.40. The van der Waals surface area contributed by atoms with Crippen LogP contribution in [0.3, 0.4) is 0 Å². The maximum Gasteiger partial charge on any atom is 0.252 e. The normalized spacial score (nSPS) is 23.6. The molecule has 0 spiro atoms. The van der Waals surface area contributed by atoms with Crippen LogP contribution in [0.1, 0.15) is 43.0 Å². The molecule has 2 saturated carbocycles. The van der Waals surface area contributed by atoms with Crippen molar-refractivity contribution in [3.8, 4) is 11.3 Å². The van der Waals surface area contributed by atoms with E-state index < -0.39 is 0 Å². The zero-order valence-electron chi connectivity index (χ0n) is 16.9. The van der Waals surface area contributed by atoms with Crippen molar-refractivity contribution in [1.29, 1.82) is 0 Å². The molecule has 30 heavy (non-hydrogen) atoms. The number of nitrogens with zero attached hydrogens (tertiary/aromatic N) is 1. The summed E-state index contributed by atoms with van der Waals surface area (Å²) in [7, 11) is 0. The van der Waals surface area contributed by atoms with Gasteiger partial charge in [0.15, 0.2) is 0 Å². The number of benzene rings is 2. The lowest BCUT2D eigenvalue weighted by atomic mass is 9.84. The highest BCUT2D eigenvalue weighted by Crippen LogP contribution is 2.49. The largest absolute Gasteiger partial charge is 0.349 e. The number of carbonyl (C=O) groups excluding carboxylic acids is 1. The summed E-state index contributed by atoms with van der Waals surface area (Å²) in [6.07, 6.45) is 5.27. The number of para-hydroxylation sites is 1. The van der Waals surface area contributed by atoms with Crippen molar-refractivity contribution in [3.05, 3.63) is 64.1 Å². The number of pyridine rings is 1. The van der Waals surface area contributed by atoms with Gasteiger partial charge in [-0.3, -0.25) is 4.79 Å². The molecule has 0 aliphatic heterocycles. The number of rotatable bonds is 4. The third kappa shape index (κ3) is 3.59. The molecule has 154 valence electrons. The van der Waals surface area contributed by atoms with Crippen LogP contribution in [-0.2, 0) is 0 Å². The summed E-state index contributed by atoms with van der Waals surface area (Å²) in [5.41, 5.74) is 2.99. The van der Waals surface area contributed by atoms with Crippen LogP contribution in [0.2, 0.25) is 10.0 Å². The van der Waals surface area contributed by atoms with Gasteiger partial charge in [-0.15, -0.1) is 0 Å².